The lowest BCUT2D eigenvalue weighted by atomic mass is 10.0. The van der Waals surface area contributed by atoms with Crippen molar-refractivity contribution in [2.45, 2.75) is 40.2 Å². The quantitative estimate of drug-likeness (QED) is 0.815. The number of anilines is 1. The number of benzene rings is 1. The van der Waals surface area contributed by atoms with Crippen molar-refractivity contribution >= 4 is 23.4 Å². The summed E-state index contributed by atoms with van der Waals surface area (Å²) >= 11 is 6.17. The van der Waals surface area contributed by atoms with Gasteiger partial charge in [-0.1, -0.05) is 17.7 Å². The van der Waals surface area contributed by atoms with Gasteiger partial charge in [0.1, 0.15) is 0 Å². The van der Waals surface area contributed by atoms with E-state index in [0.29, 0.717) is 10.7 Å². The molecule has 1 aromatic carbocycles. The maximum Gasteiger partial charge on any atom is 0.412 e. The first-order valence-electron chi connectivity index (χ1n) is 5.44. The van der Waals surface area contributed by atoms with E-state index in [-0.39, 0.29) is 0 Å². The highest BCUT2D eigenvalue weighted by Gasteiger charge is 2.30. The molecule has 0 atom stereocenters. The number of rotatable bonds is 1. The second-order valence-corrected chi connectivity index (χ2v) is 5.61. The zero-order valence-corrected chi connectivity index (χ0v) is 11.6. The van der Waals surface area contributed by atoms with Crippen LogP contribution in [0.3, 0.4) is 0 Å². The Labute approximate surface area is 107 Å². The van der Waals surface area contributed by atoms with E-state index in [9.17, 15) is 9.90 Å². The molecular weight excluding hydrogens is 238 g/mol. The standard InChI is InChI=1S/C13H18ClNO2/c1-8-6-9(2)11(10(14)7-8)15(12(16)17)13(3,4)5/h6-7H,1-5H3,(H,16,17). The number of hydrogen-bond donors (Lipinski definition) is 1. The molecule has 0 fully saturated rings. The average Bonchev–Trinajstić information content (AvgIpc) is 2.07. The van der Waals surface area contributed by atoms with Crippen LogP contribution in [0.15, 0.2) is 12.1 Å². The highest BCUT2D eigenvalue weighted by Crippen LogP contribution is 2.35. The average molecular weight is 256 g/mol. The van der Waals surface area contributed by atoms with Gasteiger partial charge in [-0.25, -0.2) is 4.79 Å². The molecule has 1 N–H and O–H groups in total. The minimum absolute atomic E-state index is 0.472. The van der Waals surface area contributed by atoms with Crippen molar-refractivity contribution in [1.82, 2.24) is 0 Å². The number of halogens is 1. The molecule has 17 heavy (non-hydrogen) atoms. The molecule has 94 valence electrons. The van der Waals surface area contributed by atoms with Crippen LogP contribution in [0.25, 0.3) is 0 Å². The SMILES string of the molecule is Cc1cc(C)c(N(C(=O)O)C(C)(C)C)c(Cl)c1. The molecule has 3 nitrogen and oxygen atoms in total. The zero-order chi connectivity index (χ0) is 13.4. The third-order valence-corrected chi connectivity index (χ3v) is 2.77. The fraction of sp³-hybridized carbons (Fsp3) is 0.462. The van der Waals surface area contributed by atoms with Gasteiger partial charge in [-0.05, 0) is 51.8 Å². The number of nitrogens with zero attached hydrogens (tertiary/aromatic N) is 1. The van der Waals surface area contributed by atoms with Gasteiger partial charge < -0.3 is 5.11 Å². The maximum absolute atomic E-state index is 11.4. The molecule has 0 saturated heterocycles. The lowest BCUT2D eigenvalue weighted by Gasteiger charge is -2.34. The molecule has 0 aliphatic carbocycles. The summed E-state index contributed by atoms with van der Waals surface area (Å²) in [5.74, 6) is 0. The van der Waals surface area contributed by atoms with Gasteiger partial charge in [0.15, 0.2) is 0 Å². The molecule has 0 aliphatic heterocycles. The van der Waals surface area contributed by atoms with Crippen LogP contribution in [0.1, 0.15) is 31.9 Å². The maximum atomic E-state index is 11.4. The highest BCUT2D eigenvalue weighted by atomic mass is 35.5. The Hall–Kier alpha value is -1.22. The molecule has 0 spiro atoms. The smallest absolute Gasteiger partial charge is 0.412 e. The van der Waals surface area contributed by atoms with Crippen LogP contribution in [0.5, 0.6) is 0 Å². The van der Waals surface area contributed by atoms with E-state index >= 15 is 0 Å². The molecule has 0 saturated carbocycles. The summed E-state index contributed by atoms with van der Waals surface area (Å²) in [7, 11) is 0. The Kier molecular flexibility index (Phi) is 3.72. The molecular formula is C13H18ClNO2. The predicted octanol–water partition coefficient (Wildman–Crippen LogP) is 4.24. The number of aryl methyl sites for hydroxylation is 2. The van der Waals surface area contributed by atoms with Crippen molar-refractivity contribution in [3.63, 3.8) is 0 Å². The first-order chi connectivity index (χ1) is 7.64. The van der Waals surface area contributed by atoms with Crippen molar-refractivity contribution in [1.29, 1.82) is 0 Å². The van der Waals surface area contributed by atoms with Crippen molar-refractivity contribution in [3.05, 3.63) is 28.3 Å². The summed E-state index contributed by atoms with van der Waals surface area (Å²) in [5, 5.41) is 9.82. The van der Waals surface area contributed by atoms with Gasteiger partial charge in [-0.15, -0.1) is 0 Å². The molecule has 1 amide bonds. The molecule has 0 aromatic heterocycles. The first kappa shape index (κ1) is 13.8. The fourth-order valence-corrected chi connectivity index (χ4v) is 2.31. The van der Waals surface area contributed by atoms with Crippen molar-refractivity contribution in [2.24, 2.45) is 0 Å². The number of carboxylic acid groups (broad SMARTS) is 1. The van der Waals surface area contributed by atoms with Crippen LogP contribution in [0.2, 0.25) is 5.02 Å². The van der Waals surface area contributed by atoms with Crippen molar-refractivity contribution < 1.29 is 9.90 Å². The van der Waals surface area contributed by atoms with E-state index < -0.39 is 11.6 Å². The Morgan fingerprint density at radius 1 is 1.29 bits per heavy atom. The normalized spacial score (nSPS) is 11.4. The second kappa shape index (κ2) is 4.57. The Bertz CT molecular complexity index is 426. The zero-order valence-electron chi connectivity index (χ0n) is 10.8. The van der Waals surface area contributed by atoms with Gasteiger partial charge in [-0.2, -0.15) is 0 Å². The van der Waals surface area contributed by atoms with E-state index in [2.05, 4.69) is 0 Å². The van der Waals surface area contributed by atoms with Gasteiger partial charge in [0.2, 0.25) is 0 Å². The Balaban J connectivity index is 3.44. The van der Waals surface area contributed by atoms with Gasteiger partial charge >= 0.3 is 6.09 Å². The topological polar surface area (TPSA) is 40.5 Å². The predicted molar refractivity (Wildman–Crippen MR) is 71.2 cm³/mol. The molecule has 0 heterocycles. The fourth-order valence-electron chi connectivity index (χ4n) is 1.91. The molecule has 0 aliphatic rings. The van der Waals surface area contributed by atoms with Crippen LogP contribution in [0.4, 0.5) is 10.5 Å². The molecule has 0 bridgehead atoms. The third kappa shape index (κ3) is 2.91. The minimum atomic E-state index is -0.994. The van der Waals surface area contributed by atoms with E-state index in [1.54, 1.807) is 6.07 Å². The molecule has 1 aromatic rings. The van der Waals surface area contributed by atoms with E-state index in [1.807, 2.05) is 40.7 Å². The van der Waals surface area contributed by atoms with Crippen molar-refractivity contribution in [3.8, 4) is 0 Å². The van der Waals surface area contributed by atoms with Crippen LogP contribution in [0, 0.1) is 13.8 Å². The summed E-state index contributed by atoms with van der Waals surface area (Å²) in [6.07, 6.45) is -0.994. The summed E-state index contributed by atoms with van der Waals surface area (Å²) in [6.45, 7) is 9.34. The molecule has 4 heteroatoms. The summed E-state index contributed by atoms with van der Waals surface area (Å²) in [5.41, 5.74) is 1.93. The van der Waals surface area contributed by atoms with Crippen molar-refractivity contribution in [2.75, 3.05) is 4.90 Å². The van der Waals surface area contributed by atoms with Crippen LogP contribution < -0.4 is 4.90 Å². The Morgan fingerprint density at radius 2 is 1.82 bits per heavy atom. The number of carbonyl (C=O) groups is 1. The first-order valence-corrected chi connectivity index (χ1v) is 5.82. The van der Waals surface area contributed by atoms with E-state index in [1.165, 1.54) is 4.90 Å². The molecule has 0 radical (unpaired) electrons. The molecule has 1 rings (SSSR count). The van der Waals surface area contributed by atoms with E-state index in [4.69, 9.17) is 11.6 Å². The summed E-state index contributed by atoms with van der Waals surface area (Å²) in [4.78, 5) is 12.7. The lowest BCUT2D eigenvalue weighted by molar-refractivity contribution is 0.195. The Morgan fingerprint density at radius 3 is 2.18 bits per heavy atom. The van der Waals surface area contributed by atoms with Gasteiger partial charge in [0.05, 0.1) is 10.7 Å². The van der Waals surface area contributed by atoms with Gasteiger partial charge in [0.25, 0.3) is 0 Å². The number of hydrogen-bond acceptors (Lipinski definition) is 1. The van der Waals surface area contributed by atoms with Crippen LogP contribution in [-0.2, 0) is 0 Å². The number of amides is 1. The monoisotopic (exact) mass is 255 g/mol. The van der Waals surface area contributed by atoms with E-state index in [0.717, 1.165) is 11.1 Å². The lowest BCUT2D eigenvalue weighted by Crippen LogP contribution is -2.45. The van der Waals surface area contributed by atoms with Gasteiger partial charge in [-0.3, -0.25) is 4.90 Å². The summed E-state index contributed by atoms with van der Waals surface area (Å²) < 4.78 is 0. The minimum Gasteiger partial charge on any atom is -0.465 e. The highest BCUT2D eigenvalue weighted by molar-refractivity contribution is 6.34. The molecule has 0 unspecified atom stereocenters. The van der Waals surface area contributed by atoms with Crippen LogP contribution in [-0.4, -0.2) is 16.7 Å². The third-order valence-electron chi connectivity index (χ3n) is 2.48. The van der Waals surface area contributed by atoms with Crippen LogP contribution >= 0.6 is 11.6 Å². The van der Waals surface area contributed by atoms with Gasteiger partial charge in [0, 0.05) is 5.54 Å². The summed E-state index contributed by atoms with van der Waals surface area (Å²) in [6, 6.07) is 3.72. The largest absolute Gasteiger partial charge is 0.465 e. The second-order valence-electron chi connectivity index (χ2n) is 5.20.